The van der Waals surface area contributed by atoms with Gasteiger partial charge in [-0.1, -0.05) is 48.9 Å². The molecule has 7 aromatic rings. The SMILES string of the molecule is O=C(Cc1cccnc1)N1CCC2(CCn3nc(-c4cnc5ccccc5c4)cc32)C1.O=C(N1CCC2(CCn3nc(-c4cnc5ccccc5c4)cc32)C1)C1(C(F)F)CCC1. The quantitative estimate of drug-likeness (QED) is 0.167. The van der Waals surface area contributed by atoms with E-state index in [1.807, 2.05) is 76.6 Å². The maximum atomic E-state index is 13.7. The number of hydrogen-bond donors (Lipinski definition) is 0. The van der Waals surface area contributed by atoms with Crippen LogP contribution in [0.25, 0.3) is 44.3 Å². The third-order valence-electron chi connectivity index (χ3n) is 14.5. The second-order valence-electron chi connectivity index (χ2n) is 18.1. The molecule has 5 aromatic heterocycles. The number of carbonyl (C=O) groups is 2. The number of fused-ring (bicyclic) bond motifs is 6. The van der Waals surface area contributed by atoms with E-state index in [1.165, 1.54) is 5.69 Å². The number of alkyl halides is 2. The van der Waals surface area contributed by atoms with Crippen LogP contribution in [0, 0.1) is 5.41 Å². The number of likely N-dealkylation sites (tertiary alicyclic amines) is 2. The fourth-order valence-electron chi connectivity index (χ4n) is 10.8. The van der Waals surface area contributed by atoms with Gasteiger partial charge in [-0.25, -0.2) is 8.78 Å². The van der Waals surface area contributed by atoms with Crippen LogP contribution in [0.3, 0.4) is 0 Å². The van der Waals surface area contributed by atoms with Crippen LogP contribution < -0.4 is 0 Å². The lowest BCUT2D eigenvalue weighted by Crippen LogP contribution is -2.52. The summed E-state index contributed by atoms with van der Waals surface area (Å²) < 4.78 is 31.5. The van der Waals surface area contributed by atoms with Gasteiger partial charge in [0.15, 0.2) is 0 Å². The fraction of sp³-hybridized carbons (Fsp3) is 0.367. The highest BCUT2D eigenvalue weighted by Crippen LogP contribution is 2.51. The molecule has 4 aliphatic heterocycles. The Balaban J connectivity index is 0.000000139. The van der Waals surface area contributed by atoms with E-state index in [9.17, 15) is 18.4 Å². The summed E-state index contributed by atoms with van der Waals surface area (Å²) in [4.78, 5) is 42.9. The number of para-hydroxylation sites is 2. The molecule has 0 radical (unpaired) electrons. The van der Waals surface area contributed by atoms with Crippen molar-refractivity contribution in [2.75, 3.05) is 26.2 Å². The minimum absolute atomic E-state index is 0.0140. The standard InChI is InChI=1S/C25H23N5O.C24H24F2N4O/c31-24(12-18-4-3-9-26-15-18)29-10-7-25(17-29)8-11-30-23(25)14-22(28-30)20-13-19-5-1-2-6-21(19)27-16-20;25-21(26)24(6-3-7-24)22(31)29-10-8-23(15-29)9-11-30-20(23)13-19(28-30)17-12-16-4-1-2-5-18(16)27-14-17/h1-6,9,13-16H,7-8,10-12,17H2;1-2,4-5,12-14,21H,3,6-11,15H2. The lowest BCUT2D eigenvalue weighted by atomic mass is 9.68. The molecular formula is C49H47F2N9O2. The molecule has 2 atom stereocenters. The first kappa shape index (κ1) is 38.5. The van der Waals surface area contributed by atoms with E-state index in [4.69, 9.17) is 10.2 Å². The van der Waals surface area contributed by atoms with Crippen molar-refractivity contribution in [1.82, 2.24) is 44.3 Å². The van der Waals surface area contributed by atoms with Crippen molar-refractivity contribution >= 4 is 33.6 Å². The van der Waals surface area contributed by atoms with Crippen LogP contribution in [0.1, 0.15) is 61.9 Å². The largest absolute Gasteiger partial charge is 0.341 e. The Morgan fingerprint density at radius 2 is 1.18 bits per heavy atom. The Hall–Kier alpha value is -6.37. The normalized spacial score (nSPS) is 22.0. The van der Waals surface area contributed by atoms with Gasteiger partial charge in [-0.2, -0.15) is 10.2 Å². The van der Waals surface area contributed by atoms with Crippen molar-refractivity contribution in [3.8, 4) is 22.5 Å². The smallest absolute Gasteiger partial charge is 0.252 e. The van der Waals surface area contributed by atoms with Gasteiger partial charge in [-0.15, -0.1) is 0 Å². The molecule has 12 rings (SSSR count). The maximum absolute atomic E-state index is 13.7. The van der Waals surface area contributed by atoms with Crippen LogP contribution in [-0.4, -0.2) is 88.7 Å². The van der Waals surface area contributed by atoms with Crippen LogP contribution in [0.5, 0.6) is 0 Å². The van der Waals surface area contributed by atoms with Crippen molar-refractivity contribution in [3.05, 3.63) is 127 Å². The zero-order chi connectivity index (χ0) is 42.1. The molecule has 314 valence electrons. The van der Waals surface area contributed by atoms with Crippen molar-refractivity contribution in [2.45, 2.75) is 81.7 Å². The third kappa shape index (κ3) is 6.46. The molecule has 2 spiro atoms. The first-order valence-corrected chi connectivity index (χ1v) is 21.8. The molecule has 2 saturated heterocycles. The lowest BCUT2D eigenvalue weighted by Gasteiger charge is -2.42. The van der Waals surface area contributed by atoms with Gasteiger partial charge in [0, 0.05) is 108 Å². The Kier molecular flexibility index (Phi) is 9.27. The van der Waals surface area contributed by atoms with Gasteiger partial charge in [0.1, 0.15) is 5.41 Å². The lowest BCUT2D eigenvalue weighted by molar-refractivity contribution is -0.161. The first-order chi connectivity index (χ1) is 30.2. The zero-order valence-electron chi connectivity index (χ0n) is 34.5. The Bertz CT molecular complexity index is 2860. The van der Waals surface area contributed by atoms with Crippen LogP contribution in [0.2, 0.25) is 0 Å². The minimum atomic E-state index is -2.58. The number of halogens is 2. The summed E-state index contributed by atoms with van der Waals surface area (Å²) in [6.45, 7) is 4.33. The number of benzene rings is 2. The number of rotatable bonds is 6. The number of nitrogens with zero attached hydrogens (tertiary/aromatic N) is 9. The fourth-order valence-corrected chi connectivity index (χ4v) is 10.8. The van der Waals surface area contributed by atoms with Gasteiger partial charge in [-0.3, -0.25) is 33.9 Å². The van der Waals surface area contributed by atoms with E-state index < -0.39 is 11.8 Å². The summed E-state index contributed by atoms with van der Waals surface area (Å²) in [6.07, 6.45) is 10.2. The molecule has 1 aliphatic carbocycles. The third-order valence-corrected chi connectivity index (χ3v) is 14.5. The van der Waals surface area contributed by atoms with Gasteiger partial charge >= 0.3 is 0 Å². The molecule has 0 N–H and O–H groups in total. The molecular weight excluding hydrogens is 785 g/mol. The van der Waals surface area contributed by atoms with Gasteiger partial charge in [0.25, 0.3) is 6.43 Å². The molecule has 5 aliphatic rings. The number of amides is 2. The molecule has 0 bridgehead atoms. The second kappa shape index (κ2) is 14.9. The van der Waals surface area contributed by atoms with Crippen LogP contribution in [-0.2, 0) is 39.9 Å². The van der Waals surface area contributed by atoms with Crippen molar-refractivity contribution in [3.63, 3.8) is 0 Å². The Labute approximate surface area is 357 Å². The number of aryl methyl sites for hydroxylation is 2. The molecule has 13 heteroatoms. The molecule has 62 heavy (non-hydrogen) atoms. The van der Waals surface area contributed by atoms with Gasteiger partial charge in [-0.05, 0) is 86.6 Å². The Morgan fingerprint density at radius 1 is 0.629 bits per heavy atom. The monoisotopic (exact) mass is 831 g/mol. The summed E-state index contributed by atoms with van der Waals surface area (Å²) in [5.41, 5.74) is 7.52. The summed E-state index contributed by atoms with van der Waals surface area (Å²) in [6, 6.07) is 28.6. The number of carbonyl (C=O) groups excluding carboxylic acids is 2. The second-order valence-corrected chi connectivity index (χ2v) is 18.1. The van der Waals surface area contributed by atoms with Crippen molar-refractivity contribution < 1.29 is 18.4 Å². The molecule has 2 aromatic carbocycles. The van der Waals surface area contributed by atoms with Gasteiger partial charge in [0.2, 0.25) is 11.8 Å². The Morgan fingerprint density at radius 3 is 1.71 bits per heavy atom. The summed E-state index contributed by atoms with van der Waals surface area (Å²) in [7, 11) is 0. The highest BCUT2D eigenvalue weighted by molar-refractivity contribution is 5.86. The van der Waals surface area contributed by atoms with E-state index in [0.29, 0.717) is 38.8 Å². The van der Waals surface area contributed by atoms with Crippen molar-refractivity contribution in [1.29, 1.82) is 0 Å². The first-order valence-electron chi connectivity index (χ1n) is 21.8. The van der Waals surface area contributed by atoms with Gasteiger partial charge in [0.05, 0.1) is 28.8 Å². The summed E-state index contributed by atoms with van der Waals surface area (Å²) in [5, 5.41) is 11.9. The predicted molar refractivity (Wildman–Crippen MR) is 231 cm³/mol. The van der Waals surface area contributed by atoms with E-state index in [2.05, 4.69) is 50.0 Å². The zero-order valence-corrected chi connectivity index (χ0v) is 34.5. The highest BCUT2D eigenvalue weighted by atomic mass is 19.3. The minimum Gasteiger partial charge on any atom is -0.341 e. The summed E-state index contributed by atoms with van der Waals surface area (Å²) in [5.74, 6) is -0.163. The number of aromatic nitrogens is 7. The molecule has 1 saturated carbocycles. The maximum Gasteiger partial charge on any atom is 0.252 e. The van der Waals surface area contributed by atoms with Crippen LogP contribution >= 0.6 is 0 Å². The van der Waals surface area contributed by atoms with E-state index >= 15 is 0 Å². The van der Waals surface area contributed by atoms with Crippen molar-refractivity contribution in [2.24, 2.45) is 5.41 Å². The molecule has 2 unspecified atom stereocenters. The summed E-state index contributed by atoms with van der Waals surface area (Å²) >= 11 is 0. The predicted octanol–water partition coefficient (Wildman–Crippen LogP) is 8.02. The topological polar surface area (TPSA) is 115 Å². The molecule has 2 amide bonds. The molecule has 11 nitrogen and oxygen atoms in total. The molecule has 3 fully saturated rings. The van der Waals surface area contributed by atoms with E-state index in [1.54, 1.807) is 17.3 Å². The van der Waals surface area contributed by atoms with Crippen LogP contribution in [0.4, 0.5) is 8.78 Å². The average molecular weight is 832 g/mol. The van der Waals surface area contributed by atoms with Gasteiger partial charge < -0.3 is 9.80 Å². The molecule has 9 heterocycles. The number of hydrogen-bond acceptors (Lipinski definition) is 7. The highest BCUT2D eigenvalue weighted by Gasteiger charge is 2.56. The van der Waals surface area contributed by atoms with E-state index in [-0.39, 0.29) is 22.6 Å². The number of pyridine rings is 3. The van der Waals surface area contributed by atoms with Crippen LogP contribution in [0.15, 0.2) is 110 Å². The van der Waals surface area contributed by atoms with E-state index in [0.717, 1.165) is 107 Å². The average Bonchev–Trinajstić information content (AvgIpc) is 4.14.